The first kappa shape index (κ1) is 19.7. The highest BCUT2D eigenvalue weighted by molar-refractivity contribution is 7.80. The molecule has 1 heterocycles. The van der Waals surface area contributed by atoms with E-state index in [4.69, 9.17) is 5.73 Å². The van der Waals surface area contributed by atoms with Crippen LogP contribution in [0.3, 0.4) is 0 Å². The van der Waals surface area contributed by atoms with E-state index < -0.39 is 17.1 Å². The first-order chi connectivity index (χ1) is 13.3. The van der Waals surface area contributed by atoms with Gasteiger partial charge in [0.1, 0.15) is 11.5 Å². The number of alkyl halides is 3. The topological polar surface area (TPSA) is 80.9 Å². The maximum Gasteiger partial charge on any atom is 0.433 e. The average molecular weight is 404 g/mol. The number of rotatable bonds is 4. The van der Waals surface area contributed by atoms with Gasteiger partial charge in [0.15, 0.2) is 0 Å². The number of benzene rings is 2. The van der Waals surface area contributed by atoms with Gasteiger partial charge < -0.3 is 11.1 Å². The molecule has 0 aliphatic heterocycles. The number of hydrogen-bond acceptors (Lipinski definition) is 5. The normalized spacial score (nSPS) is 12.4. The Labute approximate surface area is 164 Å². The van der Waals surface area contributed by atoms with Crippen LogP contribution >= 0.6 is 12.6 Å². The van der Waals surface area contributed by atoms with Crippen molar-refractivity contribution in [2.24, 2.45) is 0 Å². The van der Waals surface area contributed by atoms with Crippen molar-refractivity contribution in [1.82, 2.24) is 9.97 Å². The zero-order valence-electron chi connectivity index (χ0n) is 14.3. The van der Waals surface area contributed by atoms with Crippen LogP contribution in [0.4, 0.5) is 24.5 Å². The third-order valence-corrected chi connectivity index (χ3v) is 4.44. The molecule has 5 nitrogen and oxygen atoms in total. The number of carbonyl (C=O) groups is 1. The van der Waals surface area contributed by atoms with E-state index in [1.165, 1.54) is 0 Å². The molecule has 0 spiro atoms. The molecular weight excluding hydrogens is 389 g/mol. The Morgan fingerprint density at radius 1 is 1.07 bits per heavy atom. The molecule has 144 valence electrons. The number of nitrogen functional groups attached to an aromatic ring is 1. The van der Waals surface area contributed by atoms with E-state index in [2.05, 4.69) is 27.9 Å². The lowest BCUT2D eigenvalue weighted by Crippen LogP contribution is -2.13. The number of halogens is 3. The van der Waals surface area contributed by atoms with E-state index in [1.54, 1.807) is 48.5 Å². The van der Waals surface area contributed by atoms with Crippen LogP contribution < -0.4 is 11.1 Å². The lowest BCUT2D eigenvalue weighted by molar-refractivity contribution is -0.141. The van der Waals surface area contributed by atoms with E-state index >= 15 is 0 Å². The third kappa shape index (κ3) is 4.42. The molecule has 1 unspecified atom stereocenters. The fraction of sp³-hybridized carbons (Fsp3) is 0.105. The van der Waals surface area contributed by atoms with Crippen molar-refractivity contribution >= 4 is 29.9 Å². The lowest BCUT2D eigenvalue weighted by atomic mass is 10.1. The van der Waals surface area contributed by atoms with Gasteiger partial charge in [0.2, 0.25) is 0 Å². The number of nitrogens with zero attached hydrogens (tertiary/aromatic N) is 2. The van der Waals surface area contributed by atoms with Gasteiger partial charge in [-0.3, -0.25) is 4.79 Å². The molecule has 0 fully saturated rings. The van der Waals surface area contributed by atoms with Gasteiger partial charge in [-0.05, 0) is 35.9 Å². The smallest absolute Gasteiger partial charge is 0.397 e. The second-order valence-electron chi connectivity index (χ2n) is 5.86. The highest BCUT2D eigenvalue weighted by atomic mass is 32.1. The summed E-state index contributed by atoms with van der Waals surface area (Å²) in [6.45, 7) is 0. The second kappa shape index (κ2) is 7.89. The molecule has 1 aromatic heterocycles. The molecule has 1 amide bonds. The van der Waals surface area contributed by atoms with Crippen molar-refractivity contribution in [3.63, 3.8) is 0 Å². The summed E-state index contributed by atoms with van der Waals surface area (Å²) in [6.07, 6.45) is -3.52. The standard InChI is InChI=1S/C19H15F3N4OS/c20-19(21,22)15-9-10-24-17(26-15)16(28)11-5-7-12(8-6-11)18(27)25-14-4-2-1-3-13(14)23/h1-10,16,28H,23H2,(H,25,27). The van der Waals surface area contributed by atoms with Gasteiger partial charge in [-0.1, -0.05) is 24.3 Å². The van der Waals surface area contributed by atoms with Gasteiger partial charge >= 0.3 is 6.18 Å². The summed E-state index contributed by atoms with van der Waals surface area (Å²) in [5.74, 6) is -0.442. The number of para-hydroxylation sites is 2. The molecule has 0 bridgehead atoms. The number of anilines is 2. The predicted octanol–water partition coefficient (Wildman–Crippen LogP) is 4.35. The Hall–Kier alpha value is -3.07. The quantitative estimate of drug-likeness (QED) is 0.446. The van der Waals surface area contributed by atoms with Crippen LogP contribution in [0.2, 0.25) is 0 Å². The molecule has 3 aromatic rings. The summed E-state index contributed by atoms with van der Waals surface area (Å²) in [5, 5.41) is 1.92. The summed E-state index contributed by atoms with van der Waals surface area (Å²) in [5.41, 5.74) is 6.60. The monoisotopic (exact) mass is 404 g/mol. The van der Waals surface area contributed by atoms with Gasteiger partial charge in [0.05, 0.1) is 16.6 Å². The maximum absolute atomic E-state index is 12.8. The number of amides is 1. The number of hydrogen-bond donors (Lipinski definition) is 3. The van der Waals surface area contributed by atoms with Crippen LogP contribution in [0, 0.1) is 0 Å². The summed E-state index contributed by atoms with van der Waals surface area (Å²) in [6, 6.07) is 13.9. The molecule has 0 aliphatic rings. The van der Waals surface area contributed by atoms with E-state index in [0.29, 0.717) is 22.5 Å². The van der Waals surface area contributed by atoms with Crippen LogP contribution in [0.1, 0.15) is 32.7 Å². The number of nitrogens with one attached hydrogen (secondary N) is 1. The zero-order chi connectivity index (χ0) is 20.3. The minimum atomic E-state index is -4.56. The predicted molar refractivity (Wildman–Crippen MR) is 103 cm³/mol. The summed E-state index contributed by atoms with van der Waals surface area (Å²) < 4.78 is 38.4. The van der Waals surface area contributed by atoms with E-state index in [0.717, 1.165) is 12.3 Å². The molecular formula is C19H15F3N4OS. The number of aromatic nitrogens is 2. The Kier molecular flexibility index (Phi) is 5.55. The van der Waals surface area contributed by atoms with Crippen LogP contribution in [-0.4, -0.2) is 15.9 Å². The highest BCUT2D eigenvalue weighted by Crippen LogP contribution is 2.31. The largest absolute Gasteiger partial charge is 0.433 e. The van der Waals surface area contributed by atoms with E-state index in [-0.39, 0.29) is 11.7 Å². The van der Waals surface area contributed by atoms with Crippen molar-refractivity contribution < 1.29 is 18.0 Å². The van der Waals surface area contributed by atoms with Crippen LogP contribution in [0.15, 0.2) is 60.8 Å². The van der Waals surface area contributed by atoms with Gasteiger partial charge in [0.25, 0.3) is 5.91 Å². The molecule has 0 aliphatic carbocycles. The Morgan fingerprint density at radius 3 is 2.39 bits per heavy atom. The number of carbonyl (C=O) groups excluding carboxylic acids is 1. The minimum absolute atomic E-state index is 0.0765. The Morgan fingerprint density at radius 2 is 1.75 bits per heavy atom. The molecule has 3 N–H and O–H groups in total. The first-order valence-corrected chi connectivity index (χ1v) is 8.61. The molecule has 2 aromatic carbocycles. The van der Waals surface area contributed by atoms with Gasteiger partial charge in [-0.25, -0.2) is 9.97 Å². The van der Waals surface area contributed by atoms with Gasteiger partial charge in [-0.15, -0.1) is 0 Å². The third-order valence-electron chi connectivity index (χ3n) is 3.91. The van der Waals surface area contributed by atoms with Crippen LogP contribution in [-0.2, 0) is 6.18 Å². The fourth-order valence-corrected chi connectivity index (χ4v) is 2.73. The molecule has 0 saturated carbocycles. The highest BCUT2D eigenvalue weighted by Gasteiger charge is 2.33. The SMILES string of the molecule is Nc1ccccc1NC(=O)c1ccc(C(S)c2nccc(C(F)(F)F)n2)cc1. The summed E-state index contributed by atoms with van der Waals surface area (Å²) >= 11 is 4.32. The molecule has 9 heteroatoms. The van der Waals surface area contributed by atoms with Gasteiger partial charge in [0, 0.05) is 11.8 Å². The van der Waals surface area contributed by atoms with Crippen molar-refractivity contribution in [3.05, 3.63) is 83.4 Å². The average Bonchev–Trinajstić information content (AvgIpc) is 2.69. The van der Waals surface area contributed by atoms with Crippen molar-refractivity contribution in [3.8, 4) is 0 Å². The zero-order valence-corrected chi connectivity index (χ0v) is 15.2. The van der Waals surface area contributed by atoms with Crippen molar-refractivity contribution in [2.75, 3.05) is 11.1 Å². The maximum atomic E-state index is 12.8. The molecule has 0 radical (unpaired) electrons. The summed E-state index contributed by atoms with van der Waals surface area (Å²) in [4.78, 5) is 19.7. The molecule has 28 heavy (non-hydrogen) atoms. The van der Waals surface area contributed by atoms with Crippen LogP contribution in [0.5, 0.6) is 0 Å². The van der Waals surface area contributed by atoms with Crippen molar-refractivity contribution in [2.45, 2.75) is 11.4 Å². The first-order valence-electron chi connectivity index (χ1n) is 8.10. The van der Waals surface area contributed by atoms with Crippen molar-refractivity contribution in [1.29, 1.82) is 0 Å². The molecule has 1 atom stereocenters. The van der Waals surface area contributed by atoms with Gasteiger partial charge in [-0.2, -0.15) is 25.8 Å². The number of nitrogens with two attached hydrogens (primary N) is 1. The van der Waals surface area contributed by atoms with E-state index in [1.807, 2.05) is 0 Å². The molecule has 3 rings (SSSR count). The lowest BCUT2D eigenvalue weighted by Gasteiger charge is -2.13. The Balaban J connectivity index is 1.77. The van der Waals surface area contributed by atoms with Crippen LogP contribution in [0.25, 0.3) is 0 Å². The Bertz CT molecular complexity index is 993. The fourth-order valence-electron chi connectivity index (χ4n) is 2.43. The summed E-state index contributed by atoms with van der Waals surface area (Å²) in [7, 11) is 0. The minimum Gasteiger partial charge on any atom is -0.397 e. The van der Waals surface area contributed by atoms with E-state index in [9.17, 15) is 18.0 Å². The molecule has 0 saturated heterocycles. The number of thiol groups is 1. The second-order valence-corrected chi connectivity index (χ2v) is 6.38.